The van der Waals surface area contributed by atoms with Crippen molar-refractivity contribution in [3.05, 3.63) is 11.4 Å². The molecule has 0 spiro atoms. The van der Waals surface area contributed by atoms with E-state index in [-0.39, 0.29) is 17.9 Å². The maximum Gasteiger partial charge on any atom is 0.227 e. The molecule has 0 unspecified atom stereocenters. The van der Waals surface area contributed by atoms with Gasteiger partial charge in [-0.1, -0.05) is 0 Å². The smallest absolute Gasteiger partial charge is 0.227 e. The van der Waals surface area contributed by atoms with Gasteiger partial charge >= 0.3 is 0 Å². The van der Waals surface area contributed by atoms with E-state index >= 15 is 0 Å². The minimum Gasteiger partial charge on any atom is -0.393 e. The van der Waals surface area contributed by atoms with E-state index in [2.05, 4.69) is 15.5 Å². The fraction of sp³-hybridized carbons (Fsp3) is 0.667. The number of H-pyrrole nitrogens is 1. The van der Waals surface area contributed by atoms with E-state index in [4.69, 9.17) is 0 Å². The topological polar surface area (TPSA) is 78.0 Å². The van der Waals surface area contributed by atoms with Crippen LogP contribution in [0.5, 0.6) is 0 Å². The molecule has 0 atom stereocenters. The molecular formula is C12H19N3O2. The van der Waals surface area contributed by atoms with Gasteiger partial charge in [-0.15, -0.1) is 0 Å². The van der Waals surface area contributed by atoms with Crippen LogP contribution in [0.2, 0.25) is 0 Å². The van der Waals surface area contributed by atoms with Gasteiger partial charge < -0.3 is 10.4 Å². The molecule has 1 aromatic rings. The van der Waals surface area contributed by atoms with Crippen molar-refractivity contribution in [3.63, 3.8) is 0 Å². The molecule has 17 heavy (non-hydrogen) atoms. The number of anilines is 1. The maximum atomic E-state index is 12.0. The van der Waals surface area contributed by atoms with E-state index < -0.39 is 0 Å². The maximum absolute atomic E-state index is 12.0. The van der Waals surface area contributed by atoms with Gasteiger partial charge in [-0.3, -0.25) is 9.89 Å². The molecule has 0 saturated heterocycles. The lowest BCUT2D eigenvalue weighted by atomic mass is 9.87. The molecule has 2 rings (SSSR count). The van der Waals surface area contributed by atoms with Crippen LogP contribution in [0.15, 0.2) is 0 Å². The van der Waals surface area contributed by atoms with Crippen molar-refractivity contribution in [3.8, 4) is 0 Å². The molecule has 1 amide bonds. The molecule has 1 saturated carbocycles. The molecule has 5 nitrogen and oxygen atoms in total. The summed E-state index contributed by atoms with van der Waals surface area (Å²) < 4.78 is 0. The summed E-state index contributed by atoms with van der Waals surface area (Å²) >= 11 is 0. The number of amides is 1. The number of carbonyl (C=O) groups is 1. The number of aliphatic hydroxyl groups excluding tert-OH is 1. The Balaban J connectivity index is 1.98. The number of nitrogens with one attached hydrogen (secondary N) is 2. The van der Waals surface area contributed by atoms with Crippen LogP contribution >= 0.6 is 0 Å². The number of hydrogen-bond acceptors (Lipinski definition) is 3. The summed E-state index contributed by atoms with van der Waals surface area (Å²) in [6.45, 7) is 3.75. The molecule has 3 N–H and O–H groups in total. The number of aliphatic hydroxyl groups is 1. The first-order valence-corrected chi connectivity index (χ1v) is 6.08. The highest BCUT2D eigenvalue weighted by molar-refractivity contribution is 5.93. The third-order valence-corrected chi connectivity index (χ3v) is 3.44. The Hall–Kier alpha value is -1.36. The van der Waals surface area contributed by atoms with Crippen molar-refractivity contribution >= 4 is 11.6 Å². The Bertz CT molecular complexity index is 386. The predicted molar refractivity (Wildman–Crippen MR) is 64.7 cm³/mol. The average molecular weight is 237 g/mol. The minimum absolute atomic E-state index is 0.0205. The Morgan fingerprint density at radius 2 is 2.00 bits per heavy atom. The van der Waals surface area contributed by atoms with Gasteiger partial charge in [-0.05, 0) is 39.5 Å². The van der Waals surface area contributed by atoms with Gasteiger partial charge in [-0.2, -0.15) is 5.10 Å². The van der Waals surface area contributed by atoms with Crippen LogP contribution in [0, 0.1) is 19.8 Å². The summed E-state index contributed by atoms with van der Waals surface area (Å²) in [4.78, 5) is 12.0. The highest BCUT2D eigenvalue weighted by Gasteiger charge is 2.26. The quantitative estimate of drug-likeness (QED) is 0.729. The molecule has 0 bridgehead atoms. The van der Waals surface area contributed by atoms with Crippen LogP contribution in [-0.4, -0.2) is 27.3 Å². The summed E-state index contributed by atoms with van der Waals surface area (Å²) in [5.74, 6) is 0.0663. The molecule has 0 aromatic carbocycles. The van der Waals surface area contributed by atoms with Gasteiger partial charge in [0.1, 0.15) is 0 Å². The van der Waals surface area contributed by atoms with Crippen LogP contribution in [0.25, 0.3) is 0 Å². The predicted octanol–water partition coefficient (Wildman–Crippen LogP) is 1.52. The van der Waals surface area contributed by atoms with Crippen LogP contribution in [0.3, 0.4) is 0 Å². The van der Waals surface area contributed by atoms with E-state index in [0.717, 1.165) is 42.8 Å². The van der Waals surface area contributed by atoms with Crippen molar-refractivity contribution in [2.45, 2.75) is 45.6 Å². The van der Waals surface area contributed by atoms with Crippen molar-refractivity contribution in [2.75, 3.05) is 5.32 Å². The lowest BCUT2D eigenvalue weighted by Crippen LogP contribution is -2.29. The second-order valence-electron chi connectivity index (χ2n) is 4.80. The molecular weight excluding hydrogens is 218 g/mol. The molecule has 94 valence electrons. The number of carbonyl (C=O) groups excluding carboxylic acids is 1. The van der Waals surface area contributed by atoms with E-state index in [9.17, 15) is 9.90 Å². The summed E-state index contributed by atoms with van der Waals surface area (Å²) in [6.07, 6.45) is 2.76. The molecule has 0 radical (unpaired) electrons. The van der Waals surface area contributed by atoms with Gasteiger partial charge in [0.15, 0.2) is 0 Å². The molecule has 1 fully saturated rings. The molecule has 0 aliphatic heterocycles. The van der Waals surface area contributed by atoms with E-state index in [0.29, 0.717) is 0 Å². The number of aromatic nitrogens is 2. The average Bonchev–Trinajstić information content (AvgIpc) is 2.61. The number of nitrogens with zero attached hydrogens (tertiary/aromatic N) is 1. The number of aromatic amines is 1. The standard InChI is InChI=1S/C12H19N3O2/c1-7-11(8(2)15-14-7)13-12(17)9-3-5-10(16)6-4-9/h9-10,16H,3-6H2,1-2H3,(H,13,17)(H,14,15). The molecule has 1 aliphatic rings. The zero-order valence-electron chi connectivity index (χ0n) is 10.3. The molecule has 1 aromatic heterocycles. The number of rotatable bonds is 2. The highest BCUT2D eigenvalue weighted by atomic mass is 16.3. The summed E-state index contributed by atoms with van der Waals surface area (Å²) in [6, 6.07) is 0. The highest BCUT2D eigenvalue weighted by Crippen LogP contribution is 2.26. The zero-order valence-corrected chi connectivity index (χ0v) is 10.3. The molecule has 1 aliphatic carbocycles. The van der Waals surface area contributed by atoms with Crippen molar-refractivity contribution in [2.24, 2.45) is 5.92 Å². The van der Waals surface area contributed by atoms with Crippen LogP contribution in [-0.2, 0) is 4.79 Å². The Morgan fingerprint density at radius 1 is 1.35 bits per heavy atom. The fourth-order valence-electron chi connectivity index (χ4n) is 2.30. The summed E-state index contributed by atoms with van der Waals surface area (Å²) in [5.41, 5.74) is 2.49. The van der Waals surface area contributed by atoms with Gasteiger partial charge in [0.05, 0.1) is 23.2 Å². The van der Waals surface area contributed by atoms with Gasteiger partial charge in [0.2, 0.25) is 5.91 Å². The van der Waals surface area contributed by atoms with Crippen molar-refractivity contribution < 1.29 is 9.90 Å². The monoisotopic (exact) mass is 237 g/mol. The Kier molecular flexibility index (Phi) is 3.47. The third-order valence-electron chi connectivity index (χ3n) is 3.44. The largest absolute Gasteiger partial charge is 0.393 e. The Morgan fingerprint density at radius 3 is 2.53 bits per heavy atom. The SMILES string of the molecule is Cc1n[nH]c(C)c1NC(=O)C1CCC(O)CC1. The minimum atomic E-state index is -0.226. The van der Waals surface area contributed by atoms with E-state index in [1.807, 2.05) is 13.8 Å². The normalized spacial score (nSPS) is 24.6. The van der Waals surface area contributed by atoms with Crippen molar-refractivity contribution in [1.29, 1.82) is 0 Å². The molecule has 1 heterocycles. The van der Waals surface area contributed by atoms with Gasteiger partial charge in [0, 0.05) is 5.92 Å². The lowest BCUT2D eigenvalue weighted by Gasteiger charge is -2.24. The van der Waals surface area contributed by atoms with Crippen molar-refractivity contribution in [1.82, 2.24) is 10.2 Å². The van der Waals surface area contributed by atoms with Crippen LogP contribution in [0.4, 0.5) is 5.69 Å². The van der Waals surface area contributed by atoms with E-state index in [1.165, 1.54) is 0 Å². The second-order valence-corrected chi connectivity index (χ2v) is 4.80. The first-order valence-electron chi connectivity index (χ1n) is 6.08. The second kappa shape index (κ2) is 4.87. The fourth-order valence-corrected chi connectivity index (χ4v) is 2.30. The third kappa shape index (κ3) is 2.66. The van der Waals surface area contributed by atoms with Gasteiger partial charge in [-0.25, -0.2) is 0 Å². The van der Waals surface area contributed by atoms with Crippen LogP contribution in [0.1, 0.15) is 37.1 Å². The number of aryl methyl sites for hydroxylation is 2. The first kappa shape index (κ1) is 12.1. The van der Waals surface area contributed by atoms with E-state index in [1.54, 1.807) is 0 Å². The zero-order chi connectivity index (χ0) is 12.4. The number of hydrogen-bond donors (Lipinski definition) is 3. The van der Waals surface area contributed by atoms with Crippen LogP contribution < -0.4 is 5.32 Å². The molecule has 5 heteroatoms. The Labute approximate surface area is 101 Å². The summed E-state index contributed by atoms with van der Waals surface area (Å²) in [5, 5.41) is 19.2. The first-order chi connectivity index (χ1) is 8.08. The lowest BCUT2D eigenvalue weighted by molar-refractivity contribution is -0.121. The van der Waals surface area contributed by atoms with Gasteiger partial charge in [0.25, 0.3) is 0 Å². The summed E-state index contributed by atoms with van der Waals surface area (Å²) in [7, 11) is 0.